The number of hydrogen-bond donors (Lipinski definition) is 1. The molecule has 6 nitrogen and oxygen atoms in total. The van der Waals surface area contributed by atoms with Gasteiger partial charge < -0.3 is 4.90 Å². The van der Waals surface area contributed by atoms with Crippen LogP contribution < -0.4 is 9.62 Å². The molecule has 1 fully saturated rings. The van der Waals surface area contributed by atoms with Crippen LogP contribution >= 0.6 is 28.3 Å². The van der Waals surface area contributed by atoms with Crippen LogP contribution in [0, 0.1) is 0 Å². The number of rotatable bonds is 6. The summed E-state index contributed by atoms with van der Waals surface area (Å²) in [7, 11) is -3.62. The first-order chi connectivity index (χ1) is 12.5. The van der Waals surface area contributed by atoms with Crippen molar-refractivity contribution < 1.29 is 8.42 Å². The molecule has 0 atom stereocenters. The lowest BCUT2D eigenvalue weighted by molar-refractivity contribution is 0.283. The van der Waals surface area contributed by atoms with Crippen LogP contribution in [-0.4, -0.2) is 51.0 Å². The summed E-state index contributed by atoms with van der Waals surface area (Å²) in [4.78, 5) is 9.17. The van der Waals surface area contributed by atoms with Crippen molar-refractivity contribution in [3.63, 3.8) is 0 Å². The van der Waals surface area contributed by atoms with Crippen LogP contribution in [0.1, 0.15) is 0 Å². The maximum Gasteiger partial charge on any atom is 0.261 e. The van der Waals surface area contributed by atoms with Gasteiger partial charge in [-0.2, -0.15) is 0 Å². The summed E-state index contributed by atoms with van der Waals surface area (Å²) in [5.41, 5.74) is 0.446. The molecule has 0 spiro atoms. The smallest absolute Gasteiger partial charge is 0.261 e. The molecular formula is C18H22BrClN4O2S. The molecule has 0 radical (unpaired) electrons. The van der Waals surface area contributed by atoms with Crippen molar-refractivity contribution in [3.05, 3.63) is 59.7 Å². The molecule has 1 aromatic heterocycles. The highest BCUT2D eigenvalue weighted by Gasteiger charge is 2.18. The maximum atomic E-state index is 12.4. The molecule has 27 heavy (non-hydrogen) atoms. The monoisotopic (exact) mass is 472 g/mol. The third kappa shape index (κ3) is 5.68. The van der Waals surface area contributed by atoms with E-state index in [1.165, 1.54) is 0 Å². The van der Waals surface area contributed by atoms with Gasteiger partial charge in [0.25, 0.3) is 10.0 Å². The molecule has 9 heteroatoms. The number of benzene rings is 1. The second-order valence-corrected chi connectivity index (χ2v) is 8.64. The van der Waals surface area contributed by atoms with E-state index >= 15 is 0 Å². The molecule has 1 aliphatic heterocycles. The van der Waals surface area contributed by atoms with Gasteiger partial charge in [-0.25, -0.2) is 13.4 Å². The van der Waals surface area contributed by atoms with Gasteiger partial charge in [0, 0.05) is 37.2 Å². The Balaban J connectivity index is 0.00000261. The van der Waals surface area contributed by atoms with Gasteiger partial charge in [-0.3, -0.25) is 9.62 Å². The van der Waals surface area contributed by atoms with Gasteiger partial charge in [0.2, 0.25) is 0 Å². The number of hydrogen-bond acceptors (Lipinski definition) is 5. The summed E-state index contributed by atoms with van der Waals surface area (Å²) >= 11 is 3.30. The number of nitrogens with zero attached hydrogens (tertiary/aromatic N) is 3. The van der Waals surface area contributed by atoms with Gasteiger partial charge in [-0.15, -0.1) is 19.0 Å². The van der Waals surface area contributed by atoms with Crippen LogP contribution in [0.5, 0.6) is 0 Å². The molecule has 2 heterocycles. The van der Waals surface area contributed by atoms with Crippen molar-refractivity contribution in [2.45, 2.75) is 4.90 Å². The predicted molar refractivity (Wildman–Crippen MR) is 115 cm³/mol. The van der Waals surface area contributed by atoms with Gasteiger partial charge in [0.05, 0.1) is 16.8 Å². The molecule has 3 rings (SSSR count). The fourth-order valence-corrected chi connectivity index (χ4v) is 4.11. The minimum absolute atomic E-state index is 0. The highest BCUT2D eigenvalue weighted by atomic mass is 79.9. The normalized spacial score (nSPS) is 15.1. The van der Waals surface area contributed by atoms with Gasteiger partial charge in [-0.1, -0.05) is 22.0 Å². The Labute approximate surface area is 174 Å². The van der Waals surface area contributed by atoms with Crippen LogP contribution in [0.25, 0.3) is 0 Å². The van der Waals surface area contributed by atoms with Crippen molar-refractivity contribution in [2.75, 3.05) is 42.3 Å². The third-order valence-corrected chi connectivity index (χ3v) is 6.13. The second kappa shape index (κ2) is 9.54. The van der Waals surface area contributed by atoms with E-state index in [0.717, 1.165) is 43.0 Å². The van der Waals surface area contributed by atoms with E-state index in [0.29, 0.717) is 5.69 Å². The first-order valence-corrected chi connectivity index (χ1v) is 10.6. The number of aromatic nitrogens is 1. The Hall–Kier alpha value is -1.61. The minimum Gasteiger partial charge on any atom is -0.354 e. The van der Waals surface area contributed by atoms with Crippen molar-refractivity contribution >= 4 is 49.9 Å². The number of anilines is 2. The average Bonchev–Trinajstić information content (AvgIpc) is 2.63. The number of nitrogens with one attached hydrogen (secondary N) is 1. The molecule has 0 saturated carbocycles. The summed E-state index contributed by atoms with van der Waals surface area (Å²) in [5, 5.41) is 0. The molecule has 0 bridgehead atoms. The SMILES string of the molecule is C=CCN1CCN(c2ccc(NS(=O)(=O)c3ccc(Br)cc3)cn2)CC1.Cl. The molecule has 1 aromatic carbocycles. The Morgan fingerprint density at radius 3 is 2.33 bits per heavy atom. The molecule has 146 valence electrons. The first kappa shape index (κ1) is 21.7. The van der Waals surface area contributed by atoms with E-state index in [2.05, 4.69) is 42.0 Å². The van der Waals surface area contributed by atoms with Crippen LogP contribution in [0.2, 0.25) is 0 Å². The lowest BCUT2D eigenvalue weighted by Gasteiger charge is -2.34. The van der Waals surface area contributed by atoms with E-state index < -0.39 is 10.0 Å². The summed E-state index contributed by atoms with van der Waals surface area (Å²) in [6.45, 7) is 8.39. The van der Waals surface area contributed by atoms with Crippen LogP contribution in [-0.2, 0) is 10.0 Å². The number of sulfonamides is 1. The molecule has 1 saturated heterocycles. The van der Waals surface area contributed by atoms with Gasteiger partial charge in [0.1, 0.15) is 5.82 Å². The second-order valence-electron chi connectivity index (χ2n) is 6.04. The number of pyridine rings is 1. The van der Waals surface area contributed by atoms with Gasteiger partial charge in [0.15, 0.2) is 0 Å². The van der Waals surface area contributed by atoms with Crippen molar-refractivity contribution in [2.24, 2.45) is 0 Å². The Morgan fingerprint density at radius 1 is 1.11 bits per heavy atom. The Bertz CT molecular complexity index is 852. The minimum atomic E-state index is -3.62. The van der Waals surface area contributed by atoms with Crippen molar-refractivity contribution in [3.8, 4) is 0 Å². The number of halogens is 2. The maximum absolute atomic E-state index is 12.4. The molecule has 1 N–H and O–H groups in total. The van der Waals surface area contributed by atoms with Crippen molar-refractivity contribution in [1.82, 2.24) is 9.88 Å². The van der Waals surface area contributed by atoms with Crippen LogP contribution in [0.15, 0.2) is 64.6 Å². The lowest BCUT2D eigenvalue weighted by Crippen LogP contribution is -2.46. The van der Waals surface area contributed by atoms with Gasteiger partial charge >= 0.3 is 0 Å². The molecular weight excluding hydrogens is 452 g/mol. The highest BCUT2D eigenvalue weighted by Crippen LogP contribution is 2.20. The van der Waals surface area contributed by atoms with Crippen molar-refractivity contribution in [1.29, 1.82) is 0 Å². The topological polar surface area (TPSA) is 65.5 Å². The molecule has 2 aromatic rings. The zero-order valence-electron chi connectivity index (χ0n) is 14.7. The summed E-state index contributed by atoms with van der Waals surface area (Å²) < 4.78 is 28.2. The fraction of sp³-hybridized carbons (Fsp3) is 0.278. The fourth-order valence-electron chi connectivity index (χ4n) is 2.80. The van der Waals surface area contributed by atoms with Gasteiger partial charge in [-0.05, 0) is 36.4 Å². The van der Waals surface area contributed by atoms with E-state index in [-0.39, 0.29) is 17.3 Å². The first-order valence-electron chi connectivity index (χ1n) is 8.30. The highest BCUT2D eigenvalue weighted by molar-refractivity contribution is 9.10. The number of piperazine rings is 1. The largest absolute Gasteiger partial charge is 0.354 e. The molecule has 0 aliphatic carbocycles. The zero-order chi connectivity index (χ0) is 18.6. The molecule has 0 amide bonds. The molecule has 0 unspecified atom stereocenters. The van der Waals surface area contributed by atoms with E-state index in [1.54, 1.807) is 36.5 Å². The van der Waals surface area contributed by atoms with Crippen LogP contribution in [0.4, 0.5) is 11.5 Å². The standard InChI is InChI=1S/C18H21BrN4O2S.ClH/c1-2-9-22-10-12-23(13-11-22)18-8-5-16(14-20-18)21-26(24,25)17-6-3-15(19)4-7-17;/h2-8,14,21H,1,9-13H2;1H. The predicted octanol–water partition coefficient (Wildman–Crippen LogP) is 3.37. The van der Waals surface area contributed by atoms with Crippen LogP contribution in [0.3, 0.4) is 0 Å². The summed E-state index contributed by atoms with van der Waals surface area (Å²) in [6.07, 6.45) is 3.47. The molecule has 1 aliphatic rings. The zero-order valence-corrected chi connectivity index (χ0v) is 17.9. The third-order valence-electron chi connectivity index (χ3n) is 4.21. The quantitative estimate of drug-likeness (QED) is 0.652. The lowest BCUT2D eigenvalue weighted by atomic mass is 10.3. The summed E-state index contributed by atoms with van der Waals surface area (Å²) in [5.74, 6) is 0.856. The summed E-state index contributed by atoms with van der Waals surface area (Å²) in [6, 6.07) is 10.1. The van der Waals surface area contributed by atoms with E-state index in [4.69, 9.17) is 0 Å². The Kier molecular flexibility index (Phi) is 7.67. The average molecular weight is 474 g/mol. The Morgan fingerprint density at radius 2 is 1.78 bits per heavy atom. The van der Waals surface area contributed by atoms with E-state index in [9.17, 15) is 8.42 Å². The van der Waals surface area contributed by atoms with E-state index in [1.807, 2.05) is 12.1 Å².